The molecule has 3 rings (SSSR count). The molecule has 1 N–H and O–H groups in total. The summed E-state index contributed by atoms with van der Waals surface area (Å²) < 4.78 is 24.6. The number of thiazole rings is 1. The molecule has 0 unspecified atom stereocenters. The molecule has 21 heavy (non-hydrogen) atoms. The van der Waals surface area contributed by atoms with Gasteiger partial charge in [0.2, 0.25) is 10.0 Å². The maximum atomic E-state index is 11.5. The van der Waals surface area contributed by atoms with Crippen molar-refractivity contribution in [2.24, 2.45) is 0 Å². The highest BCUT2D eigenvalue weighted by atomic mass is 32.2. The Labute approximate surface area is 130 Å². The van der Waals surface area contributed by atoms with E-state index in [1.54, 1.807) is 15.6 Å². The Morgan fingerprint density at radius 1 is 1.29 bits per heavy atom. The average Bonchev–Trinajstić information content (AvgIpc) is 3.19. The first-order valence-electron chi connectivity index (χ1n) is 7.33. The van der Waals surface area contributed by atoms with Crippen molar-refractivity contribution in [3.63, 3.8) is 0 Å². The summed E-state index contributed by atoms with van der Waals surface area (Å²) in [5.74, 6) is 0. The van der Waals surface area contributed by atoms with Crippen LogP contribution < -0.4 is 10.2 Å². The summed E-state index contributed by atoms with van der Waals surface area (Å²) in [6.45, 7) is 5.49. The summed E-state index contributed by atoms with van der Waals surface area (Å²) >= 11 is 1.73. The molecule has 1 saturated heterocycles. The van der Waals surface area contributed by atoms with E-state index in [0.717, 1.165) is 30.5 Å². The molecule has 8 heteroatoms. The minimum Gasteiger partial charge on any atom is -0.345 e. The van der Waals surface area contributed by atoms with Gasteiger partial charge in [-0.25, -0.2) is 13.4 Å². The SMILES string of the molecule is Cc1nc(N2CCN(S(C)(=O)=O)CC2)sc1CNC1CC1. The van der Waals surface area contributed by atoms with Crippen LogP contribution in [0.2, 0.25) is 0 Å². The maximum Gasteiger partial charge on any atom is 0.211 e. The highest BCUT2D eigenvalue weighted by Crippen LogP contribution is 2.28. The highest BCUT2D eigenvalue weighted by molar-refractivity contribution is 7.88. The molecule has 2 heterocycles. The summed E-state index contributed by atoms with van der Waals surface area (Å²) in [4.78, 5) is 8.14. The number of aromatic nitrogens is 1. The fourth-order valence-corrected chi connectivity index (χ4v) is 4.34. The van der Waals surface area contributed by atoms with E-state index in [2.05, 4.69) is 22.1 Å². The first-order chi connectivity index (χ1) is 9.93. The number of sulfonamides is 1. The largest absolute Gasteiger partial charge is 0.345 e. The summed E-state index contributed by atoms with van der Waals surface area (Å²) in [5.41, 5.74) is 1.09. The second-order valence-corrected chi connectivity index (χ2v) is 8.85. The Morgan fingerprint density at radius 3 is 2.52 bits per heavy atom. The molecule has 118 valence electrons. The minimum atomic E-state index is -3.07. The molecule has 0 atom stereocenters. The number of aryl methyl sites for hydroxylation is 1. The number of nitrogens with zero attached hydrogens (tertiary/aromatic N) is 3. The lowest BCUT2D eigenvalue weighted by atomic mass is 10.4. The Balaban J connectivity index is 1.61. The molecule has 1 aromatic heterocycles. The number of hydrogen-bond donors (Lipinski definition) is 1. The fourth-order valence-electron chi connectivity index (χ4n) is 2.45. The van der Waals surface area contributed by atoms with Gasteiger partial charge < -0.3 is 10.2 Å². The summed E-state index contributed by atoms with van der Waals surface area (Å²) in [6.07, 6.45) is 3.86. The molecule has 0 radical (unpaired) electrons. The summed E-state index contributed by atoms with van der Waals surface area (Å²) in [6, 6.07) is 0.702. The van der Waals surface area contributed by atoms with Crippen molar-refractivity contribution < 1.29 is 8.42 Å². The van der Waals surface area contributed by atoms with Crippen LogP contribution in [0.5, 0.6) is 0 Å². The molecule has 0 bridgehead atoms. The molecular weight excluding hydrogens is 308 g/mol. The van der Waals surface area contributed by atoms with Crippen molar-refractivity contribution >= 4 is 26.5 Å². The molecule has 1 saturated carbocycles. The van der Waals surface area contributed by atoms with Gasteiger partial charge in [-0.2, -0.15) is 4.31 Å². The van der Waals surface area contributed by atoms with Crippen LogP contribution in [-0.2, 0) is 16.6 Å². The van der Waals surface area contributed by atoms with Crippen molar-refractivity contribution in [2.75, 3.05) is 37.3 Å². The van der Waals surface area contributed by atoms with Gasteiger partial charge >= 0.3 is 0 Å². The van der Waals surface area contributed by atoms with Gasteiger partial charge in [-0.1, -0.05) is 0 Å². The molecule has 0 spiro atoms. The standard InChI is InChI=1S/C13H22N4O2S2/c1-10-12(9-14-11-3-4-11)20-13(15-10)16-5-7-17(8-6-16)21(2,18)19/h11,14H,3-9H2,1-2H3. The van der Waals surface area contributed by atoms with Crippen LogP contribution in [0.1, 0.15) is 23.4 Å². The zero-order valence-corrected chi connectivity index (χ0v) is 14.1. The predicted molar refractivity (Wildman–Crippen MR) is 85.3 cm³/mol. The lowest BCUT2D eigenvalue weighted by molar-refractivity contribution is 0.388. The number of nitrogens with one attached hydrogen (secondary N) is 1. The smallest absolute Gasteiger partial charge is 0.211 e. The zero-order chi connectivity index (χ0) is 15.0. The van der Waals surface area contributed by atoms with Gasteiger partial charge in [-0.3, -0.25) is 0 Å². The lowest BCUT2D eigenvalue weighted by Crippen LogP contribution is -2.48. The van der Waals surface area contributed by atoms with Crippen LogP contribution >= 0.6 is 11.3 Å². The van der Waals surface area contributed by atoms with E-state index in [1.807, 2.05) is 0 Å². The monoisotopic (exact) mass is 330 g/mol. The van der Waals surface area contributed by atoms with E-state index in [-0.39, 0.29) is 0 Å². The van der Waals surface area contributed by atoms with Gasteiger partial charge in [-0.05, 0) is 19.8 Å². The normalized spacial score (nSPS) is 21.0. The van der Waals surface area contributed by atoms with E-state index in [9.17, 15) is 8.42 Å². The zero-order valence-electron chi connectivity index (χ0n) is 12.5. The van der Waals surface area contributed by atoms with Gasteiger partial charge in [0.25, 0.3) is 0 Å². The molecule has 6 nitrogen and oxygen atoms in total. The third-order valence-corrected chi connectivity index (χ3v) is 6.51. The van der Waals surface area contributed by atoms with Crippen LogP contribution in [0.15, 0.2) is 0 Å². The van der Waals surface area contributed by atoms with Gasteiger partial charge in [0.05, 0.1) is 11.9 Å². The molecule has 2 fully saturated rings. The summed E-state index contributed by atoms with van der Waals surface area (Å²) in [5, 5.41) is 4.54. The average molecular weight is 330 g/mol. The Bertz CT molecular complexity index is 602. The highest BCUT2D eigenvalue weighted by Gasteiger charge is 2.26. The van der Waals surface area contributed by atoms with E-state index in [4.69, 9.17) is 0 Å². The Morgan fingerprint density at radius 2 is 1.95 bits per heavy atom. The van der Waals surface area contributed by atoms with E-state index < -0.39 is 10.0 Å². The molecule has 1 aliphatic carbocycles. The fraction of sp³-hybridized carbons (Fsp3) is 0.769. The number of hydrogen-bond acceptors (Lipinski definition) is 6. The predicted octanol–water partition coefficient (Wildman–Crippen LogP) is 0.785. The van der Waals surface area contributed by atoms with Crippen molar-refractivity contribution in [2.45, 2.75) is 32.4 Å². The molecular formula is C13H22N4O2S2. The van der Waals surface area contributed by atoms with Crippen LogP contribution in [-0.4, -0.2) is 56.2 Å². The van der Waals surface area contributed by atoms with Gasteiger partial charge in [0, 0.05) is 43.6 Å². The van der Waals surface area contributed by atoms with Crippen molar-refractivity contribution in [1.82, 2.24) is 14.6 Å². The van der Waals surface area contributed by atoms with Crippen molar-refractivity contribution in [1.29, 1.82) is 0 Å². The van der Waals surface area contributed by atoms with Crippen LogP contribution in [0.4, 0.5) is 5.13 Å². The maximum absolute atomic E-state index is 11.5. The van der Waals surface area contributed by atoms with Crippen molar-refractivity contribution in [3.05, 3.63) is 10.6 Å². The van der Waals surface area contributed by atoms with Gasteiger partial charge in [0.1, 0.15) is 0 Å². The Kier molecular flexibility index (Phi) is 4.22. The van der Waals surface area contributed by atoms with Crippen LogP contribution in [0.3, 0.4) is 0 Å². The second-order valence-electron chi connectivity index (χ2n) is 5.81. The Hall–Kier alpha value is -0.700. The molecule has 1 aliphatic heterocycles. The molecule has 0 aromatic carbocycles. The van der Waals surface area contributed by atoms with E-state index in [1.165, 1.54) is 24.0 Å². The second kappa shape index (κ2) is 5.83. The van der Waals surface area contributed by atoms with Crippen LogP contribution in [0, 0.1) is 6.92 Å². The summed E-state index contributed by atoms with van der Waals surface area (Å²) in [7, 11) is -3.07. The van der Waals surface area contributed by atoms with Crippen molar-refractivity contribution in [3.8, 4) is 0 Å². The number of anilines is 1. The first-order valence-corrected chi connectivity index (χ1v) is 10.00. The van der Waals surface area contributed by atoms with Gasteiger partial charge in [0.15, 0.2) is 5.13 Å². The third-order valence-electron chi connectivity index (χ3n) is 3.99. The quantitative estimate of drug-likeness (QED) is 0.864. The van der Waals surface area contributed by atoms with E-state index in [0.29, 0.717) is 19.1 Å². The molecule has 2 aliphatic rings. The topological polar surface area (TPSA) is 65.5 Å². The minimum absolute atomic E-state index is 0.549. The number of rotatable bonds is 5. The third kappa shape index (κ3) is 3.74. The molecule has 1 aromatic rings. The van der Waals surface area contributed by atoms with Crippen LogP contribution in [0.25, 0.3) is 0 Å². The van der Waals surface area contributed by atoms with Gasteiger partial charge in [-0.15, -0.1) is 11.3 Å². The van der Waals surface area contributed by atoms with E-state index >= 15 is 0 Å². The first kappa shape index (κ1) is 15.2. The number of piperazine rings is 1. The molecule has 0 amide bonds. The lowest BCUT2D eigenvalue weighted by Gasteiger charge is -2.32.